The third-order valence-electron chi connectivity index (χ3n) is 4.22. The van der Waals surface area contributed by atoms with E-state index < -0.39 is 0 Å². The van der Waals surface area contributed by atoms with E-state index in [1.807, 2.05) is 11.8 Å². The molecule has 2 aliphatic rings. The molecule has 0 aromatic rings. The van der Waals surface area contributed by atoms with Crippen LogP contribution < -0.4 is 5.73 Å². The first-order valence-electron chi connectivity index (χ1n) is 6.92. The van der Waals surface area contributed by atoms with Crippen molar-refractivity contribution in [3.63, 3.8) is 0 Å². The van der Waals surface area contributed by atoms with Crippen LogP contribution in [-0.4, -0.2) is 53.2 Å². The highest BCUT2D eigenvalue weighted by Gasteiger charge is 2.35. The maximum Gasteiger partial charge on any atom is 0.191 e. The largest absolute Gasteiger partial charge is 0.392 e. The van der Waals surface area contributed by atoms with Gasteiger partial charge in [0.2, 0.25) is 0 Å². The van der Waals surface area contributed by atoms with Gasteiger partial charge in [0.05, 0.1) is 12.6 Å². The first-order chi connectivity index (χ1) is 8.62. The lowest BCUT2D eigenvalue weighted by atomic mass is 9.73. The molecule has 2 unspecified atom stereocenters. The Hall–Kier alpha value is 0.310. The van der Waals surface area contributed by atoms with Gasteiger partial charge in [0, 0.05) is 30.0 Å². The Morgan fingerprint density at radius 1 is 1.42 bits per heavy atom. The van der Waals surface area contributed by atoms with Crippen molar-refractivity contribution >= 4 is 41.7 Å². The van der Waals surface area contributed by atoms with Gasteiger partial charge in [-0.25, -0.2) is 0 Å². The number of nitrogens with zero attached hydrogens (tertiary/aromatic N) is 2. The van der Waals surface area contributed by atoms with Crippen LogP contribution in [0.2, 0.25) is 0 Å². The highest BCUT2D eigenvalue weighted by Crippen LogP contribution is 2.36. The number of guanidine groups is 1. The summed E-state index contributed by atoms with van der Waals surface area (Å²) in [5.41, 5.74) is 5.98. The number of rotatable bonds is 2. The third kappa shape index (κ3) is 4.67. The number of thioether (sulfide) groups is 1. The molecule has 19 heavy (non-hydrogen) atoms. The van der Waals surface area contributed by atoms with Crippen LogP contribution in [0.3, 0.4) is 0 Å². The number of hydrogen-bond donors (Lipinski definition) is 2. The highest BCUT2D eigenvalue weighted by molar-refractivity contribution is 14.0. The summed E-state index contributed by atoms with van der Waals surface area (Å²) in [4.78, 5) is 6.71. The Labute approximate surface area is 137 Å². The number of halogens is 1. The summed E-state index contributed by atoms with van der Waals surface area (Å²) < 4.78 is 0. The van der Waals surface area contributed by atoms with Crippen LogP contribution in [0.1, 0.15) is 32.6 Å². The van der Waals surface area contributed by atoms with Gasteiger partial charge in [0.15, 0.2) is 5.96 Å². The summed E-state index contributed by atoms with van der Waals surface area (Å²) in [7, 11) is 0. The van der Waals surface area contributed by atoms with Crippen molar-refractivity contribution in [2.75, 3.05) is 31.1 Å². The van der Waals surface area contributed by atoms with Gasteiger partial charge in [0.1, 0.15) is 0 Å². The molecular weight excluding hydrogens is 373 g/mol. The molecular formula is C13H26IN3OS. The molecule has 2 atom stereocenters. The average molecular weight is 399 g/mol. The molecule has 1 saturated carbocycles. The van der Waals surface area contributed by atoms with Crippen molar-refractivity contribution in [3.05, 3.63) is 0 Å². The smallest absolute Gasteiger partial charge is 0.191 e. The van der Waals surface area contributed by atoms with Crippen LogP contribution in [0.25, 0.3) is 0 Å². The zero-order chi connectivity index (χ0) is 13.0. The van der Waals surface area contributed by atoms with Gasteiger partial charge in [-0.15, -0.1) is 24.0 Å². The minimum atomic E-state index is -0.222. The Kier molecular flexibility index (Phi) is 7.24. The van der Waals surface area contributed by atoms with Crippen LogP contribution >= 0.6 is 35.7 Å². The van der Waals surface area contributed by atoms with E-state index in [9.17, 15) is 5.11 Å². The van der Waals surface area contributed by atoms with Crippen LogP contribution in [0, 0.1) is 5.41 Å². The van der Waals surface area contributed by atoms with E-state index >= 15 is 0 Å². The molecule has 0 aromatic heterocycles. The summed E-state index contributed by atoms with van der Waals surface area (Å²) in [6, 6.07) is 0. The highest BCUT2D eigenvalue weighted by atomic mass is 127. The van der Waals surface area contributed by atoms with Gasteiger partial charge in [-0.3, -0.25) is 4.99 Å². The minimum absolute atomic E-state index is 0. The van der Waals surface area contributed by atoms with E-state index in [0.717, 1.165) is 43.9 Å². The molecule has 1 heterocycles. The fourth-order valence-corrected chi connectivity index (χ4v) is 3.62. The van der Waals surface area contributed by atoms with Crippen molar-refractivity contribution in [1.82, 2.24) is 4.90 Å². The number of aliphatic imine (C=N–C) groups is 1. The van der Waals surface area contributed by atoms with Gasteiger partial charge >= 0.3 is 0 Å². The van der Waals surface area contributed by atoms with Gasteiger partial charge in [-0.05, 0) is 12.8 Å². The molecule has 112 valence electrons. The van der Waals surface area contributed by atoms with Gasteiger partial charge in [-0.1, -0.05) is 19.8 Å². The number of aliphatic hydroxyl groups excluding tert-OH is 1. The molecule has 0 bridgehead atoms. The molecule has 3 N–H and O–H groups in total. The van der Waals surface area contributed by atoms with Crippen molar-refractivity contribution in [2.24, 2.45) is 16.1 Å². The molecule has 1 saturated heterocycles. The van der Waals surface area contributed by atoms with Crippen molar-refractivity contribution in [1.29, 1.82) is 0 Å². The van der Waals surface area contributed by atoms with Crippen LogP contribution in [0.4, 0.5) is 0 Å². The van der Waals surface area contributed by atoms with Crippen LogP contribution in [0.5, 0.6) is 0 Å². The molecule has 0 spiro atoms. The zero-order valence-corrected chi connectivity index (χ0v) is 14.8. The molecule has 6 heteroatoms. The molecule has 2 rings (SSSR count). The predicted octanol–water partition coefficient (Wildman–Crippen LogP) is 1.91. The van der Waals surface area contributed by atoms with E-state index in [0.29, 0.717) is 12.5 Å². The maximum absolute atomic E-state index is 10.1. The monoisotopic (exact) mass is 399 g/mol. The first kappa shape index (κ1) is 17.4. The summed E-state index contributed by atoms with van der Waals surface area (Å²) in [6.07, 6.45) is 4.08. The van der Waals surface area contributed by atoms with Crippen molar-refractivity contribution in [3.8, 4) is 0 Å². The van der Waals surface area contributed by atoms with E-state index in [4.69, 9.17) is 5.73 Å². The molecule has 1 aliphatic carbocycles. The second kappa shape index (κ2) is 7.93. The summed E-state index contributed by atoms with van der Waals surface area (Å²) in [6.45, 7) is 4.79. The fraction of sp³-hybridized carbons (Fsp3) is 0.923. The Bertz CT molecular complexity index is 310. The number of hydrogen-bond acceptors (Lipinski definition) is 3. The zero-order valence-electron chi connectivity index (χ0n) is 11.7. The van der Waals surface area contributed by atoms with Gasteiger partial charge < -0.3 is 15.7 Å². The van der Waals surface area contributed by atoms with E-state index in [2.05, 4.69) is 16.8 Å². The maximum atomic E-state index is 10.1. The molecule has 0 radical (unpaired) electrons. The summed E-state index contributed by atoms with van der Waals surface area (Å²) in [5.74, 6) is 2.93. The SMILES string of the molecule is CC1(CN=C(N)N2CCSCC2)CCCCC1O.I. The topological polar surface area (TPSA) is 61.8 Å². The number of aliphatic hydroxyl groups is 1. The second-order valence-electron chi connectivity index (χ2n) is 5.69. The average Bonchev–Trinajstić information content (AvgIpc) is 2.41. The molecule has 2 fully saturated rings. The van der Waals surface area contributed by atoms with E-state index in [-0.39, 0.29) is 35.5 Å². The summed E-state index contributed by atoms with van der Waals surface area (Å²) >= 11 is 1.97. The lowest BCUT2D eigenvalue weighted by Gasteiger charge is -2.37. The lowest BCUT2D eigenvalue weighted by Crippen LogP contribution is -2.44. The van der Waals surface area contributed by atoms with E-state index in [1.54, 1.807) is 0 Å². The Morgan fingerprint density at radius 3 is 2.74 bits per heavy atom. The normalized spacial score (nSPS) is 32.8. The van der Waals surface area contributed by atoms with Crippen molar-refractivity contribution in [2.45, 2.75) is 38.7 Å². The predicted molar refractivity (Wildman–Crippen MR) is 93.4 cm³/mol. The molecule has 0 amide bonds. The Balaban J connectivity index is 0.00000180. The number of nitrogens with two attached hydrogens (primary N) is 1. The minimum Gasteiger partial charge on any atom is -0.392 e. The quantitative estimate of drug-likeness (QED) is 0.423. The van der Waals surface area contributed by atoms with E-state index in [1.165, 1.54) is 6.42 Å². The van der Waals surface area contributed by atoms with Crippen LogP contribution in [0.15, 0.2) is 4.99 Å². The van der Waals surface area contributed by atoms with Crippen LogP contribution in [-0.2, 0) is 0 Å². The third-order valence-corrected chi connectivity index (χ3v) is 5.16. The fourth-order valence-electron chi connectivity index (χ4n) is 2.72. The Morgan fingerprint density at radius 2 is 2.11 bits per heavy atom. The molecule has 1 aliphatic heterocycles. The van der Waals surface area contributed by atoms with Crippen molar-refractivity contribution < 1.29 is 5.11 Å². The van der Waals surface area contributed by atoms with Gasteiger partial charge in [-0.2, -0.15) is 11.8 Å². The molecule has 4 nitrogen and oxygen atoms in total. The summed E-state index contributed by atoms with van der Waals surface area (Å²) in [5, 5.41) is 10.1. The van der Waals surface area contributed by atoms with Gasteiger partial charge in [0.25, 0.3) is 0 Å². The molecule has 0 aromatic carbocycles. The first-order valence-corrected chi connectivity index (χ1v) is 8.08. The second-order valence-corrected chi connectivity index (χ2v) is 6.91. The lowest BCUT2D eigenvalue weighted by molar-refractivity contribution is 0.00708. The standard InChI is InChI=1S/C13H25N3OS.HI/c1-13(5-3-2-4-11(13)17)10-15-12(14)16-6-8-18-9-7-16;/h11,17H,2-10H2,1H3,(H2,14,15);1H.